The normalized spacial score (nSPS) is 16.1. The molecule has 0 bridgehead atoms. The van der Waals surface area contributed by atoms with Gasteiger partial charge in [-0.15, -0.1) is 0 Å². The number of carbonyl (C=O) groups is 2. The molecule has 0 N–H and O–H groups in total. The van der Waals surface area contributed by atoms with E-state index < -0.39 is 0 Å². The first-order valence-corrected chi connectivity index (χ1v) is 9.16. The van der Waals surface area contributed by atoms with E-state index in [0.29, 0.717) is 50.5 Å². The predicted octanol–water partition coefficient (Wildman–Crippen LogP) is 2.68. The molecule has 144 valence electrons. The van der Waals surface area contributed by atoms with Crippen molar-refractivity contribution >= 4 is 11.9 Å². The van der Waals surface area contributed by atoms with Crippen molar-refractivity contribution in [1.82, 2.24) is 4.90 Å². The Morgan fingerprint density at radius 2 is 1.81 bits per heavy atom. The quantitative estimate of drug-likeness (QED) is 0.697. The van der Waals surface area contributed by atoms with Crippen LogP contribution in [0.1, 0.15) is 32.3 Å². The number of methoxy groups -OCH3 is 2. The molecule has 1 amide bonds. The highest BCUT2D eigenvalue weighted by Gasteiger charge is 2.30. The molecule has 1 fully saturated rings. The largest absolute Gasteiger partial charge is 0.493 e. The van der Waals surface area contributed by atoms with Crippen molar-refractivity contribution in [2.45, 2.75) is 33.1 Å². The minimum absolute atomic E-state index is 0.0832. The molecule has 0 radical (unpaired) electrons. The molecular formula is C20H29NO5. The summed E-state index contributed by atoms with van der Waals surface area (Å²) in [4.78, 5) is 26.4. The monoisotopic (exact) mass is 363 g/mol. The maximum absolute atomic E-state index is 12.7. The lowest BCUT2D eigenvalue weighted by atomic mass is 9.94. The Kier molecular flexibility index (Phi) is 7.30. The number of benzene rings is 1. The van der Waals surface area contributed by atoms with E-state index in [1.807, 2.05) is 36.9 Å². The molecule has 26 heavy (non-hydrogen) atoms. The van der Waals surface area contributed by atoms with Gasteiger partial charge in [0.05, 0.1) is 26.7 Å². The highest BCUT2D eigenvalue weighted by molar-refractivity contribution is 5.79. The van der Waals surface area contributed by atoms with E-state index in [1.54, 1.807) is 14.2 Å². The van der Waals surface area contributed by atoms with Crippen molar-refractivity contribution in [3.8, 4) is 11.5 Å². The van der Waals surface area contributed by atoms with Gasteiger partial charge in [0, 0.05) is 19.0 Å². The molecule has 0 aromatic heterocycles. The lowest BCUT2D eigenvalue weighted by Crippen LogP contribution is -2.43. The van der Waals surface area contributed by atoms with Crippen LogP contribution in [0.5, 0.6) is 11.5 Å². The molecule has 1 unspecified atom stereocenters. The Bertz CT molecular complexity index is 623. The first-order chi connectivity index (χ1) is 12.5. The number of nitrogens with zero attached hydrogens (tertiary/aromatic N) is 1. The van der Waals surface area contributed by atoms with Gasteiger partial charge < -0.3 is 19.1 Å². The van der Waals surface area contributed by atoms with Gasteiger partial charge in [0.15, 0.2) is 11.5 Å². The van der Waals surface area contributed by atoms with Crippen LogP contribution in [0.25, 0.3) is 0 Å². The van der Waals surface area contributed by atoms with Crippen LogP contribution in [0, 0.1) is 11.8 Å². The highest BCUT2D eigenvalue weighted by Crippen LogP contribution is 2.29. The molecule has 1 aliphatic heterocycles. The summed E-state index contributed by atoms with van der Waals surface area (Å²) in [6.45, 7) is 5.38. The fourth-order valence-electron chi connectivity index (χ4n) is 3.36. The van der Waals surface area contributed by atoms with E-state index in [1.165, 1.54) is 0 Å². The summed E-state index contributed by atoms with van der Waals surface area (Å²) in [5, 5.41) is 0. The molecule has 1 aliphatic rings. The molecule has 1 saturated heterocycles. The maximum atomic E-state index is 12.7. The minimum atomic E-state index is -0.141. The van der Waals surface area contributed by atoms with Gasteiger partial charge in [-0.25, -0.2) is 0 Å². The molecular weight excluding hydrogens is 334 g/mol. The Balaban J connectivity index is 1.91. The molecule has 1 aromatic carbocycles. The predicted molar refractivity (Wildman–Crippen MR) is 98.4 cm³/mol. The van der Waals surface area contributed by atoms with Crippen LogP contribution in [0.2, 0.25) is 0 Å². The average molecular weight is 363 g/mol. The van der Waals surface area contributed by atoms with Crippen molar-refractivity contribution in [2.24, 2.45) is 11.8 Å². The lowest BCUT2D eigenvalue weighted by Gasteiger charge is -2.32. The van der Waals surface area contributed by atoms with Crippen LogP contribution in [-0.2, 0) is 20.7 Å². The van der Waals surface area contributed by atoms with Crippen molar-refractivity contribution in [3.05, 3.63) is 23.8 Å². The number of hydrogen-bond donors (Lipinski definition) is 0. The van der Waals surface area contributed by atoms with E-state index >= 15 is 0 Å². The number of carbonyl (C=O) groups excluding carboxylic acids is 2. The smallest absolute Gasteiger partial charge is 0.309 e. The Hall–Kier alpha value is -2.24. The third-order valence-electron chi connectivity index (χ3n) is 4.84. The van der Waals surface area contributed by atoms with Crippen molar-refractivity contribution in [2.75, 3.05) is 33.9 Å². The van der Waals surface area contributed by atoms with E-state index in [0.717, 1.165) is 5.56 Å². The van der Waals surface area contributed by atoms with Crippen LogP contribution in [-0.4, -0.2) is 50.7 Å². The molecule has 6 heteroatoms. The number of hydrogen-bond acceptors (Lipinski definition) is 5. The SMILES string of the molecule is CCOC(=O)C1CCN(C(=O)C(C)Cc2ccc(OC)c(OC)c2)CC1. The minimum Gasteiger partial charge on any atom is -0.493 e. The van der Waals surface area contributed by atoms with E-state index in [4.69, 9.17) is 14.2 Å². The van der Waals surface area contributed by atoms with E-state index in [-0.39, 0.29) is 23.7 Å². The van der Waals surface area contributed by atoms with Crippen molar-refractivity contribution in [1.29, 1.82) is 0 Å². The van der Waals surface area contributed by atoms with Gasteiger partial charge in [-0.05, 0) is 43.9 Å². The molecule has 0 aliphatic carbocycles. The molecule has 1 atom stereocenters. The third-order valence-corrected chi connectivity index (χ3v) is 4.84. The highest BCUT2D eigenvalue weighted by atomic mass is 16.5. The zero-order valence-corrected chi connectivity index (χ0v) is 16.1. The van der Waals surface area contributed by atoms with Crippen LogP contribution in [0.4, 0.5) is 0 Å². The summed E-state index contributed by atoms with van der Waals surface area (Å²) in [5.74, 6) is 1.11. The summed E-state index contributed by atoms with van der Waals surface area (Å²) in [6.07, 6.45) is 1.98. The molecule has 1 heterocycles. The maximum Gasteiger partial charge on any atom is 0.309 e. The number of esters is 1. The summed E-state index contributed by atoms with van der Waals surface area (Å²) < 4.78 is 15.7. The van der Waals surface area contributed by atoms with Crippen LogP contribution < -0.4 is 9.47 Å². The molecule has 1 aromatic rings. The van der Waals surface area contributed by atoms with Gasteiger partial charge in [-0.3, -0.25) is 9.59 Å². The average Bonchev–Trinajstić information content (AvgIpc) is 2.67. The molecule has 0 spiro atoms. The Morgan fingerprint density at radius 3 is 2.38 bits per heavy atom. The van der Waals surface area contributed by atoms with Gasteiger partial charge in [0.25, 0.3) is 0 Å². The number of likely N-dealkylation sites (tertiary alicyclic amines) is 1. The van der Waals surface area contributed by atoms with Gasteiger partial charge in [-0.1, -0.05) is 13.0 Å². The second kappa shape index (κ2) is 9.46. The van der Waals surface area contributed by atoms with Gasteiger partial charge in [0.2, 0.25) is 5.91 Å². The summed E-state index contributed by atoms with van der Waals surface area (Å²) in [6, 6.07) is 5.73. The molecule has 6 nitrogen and oxygen atoms in total. The van der Waals surface area contributed by atoms with E-state index in [9.17, 15) is 9.59 Å². The van der Waals surface area contributed by atoms with Gasteiger partial charge in [0.1, 0.15) is 0 Å². The third kappa shape index (κ3) is 4.90. The van der Waals surface area contributed by atoms with Crippen LogP contribution in [0.15, 0.2) is 18.2 Å². The Labute approximate surface area is 155 Å². The van der Waals surface area contributed by atoms with Crippen molar-refractivity contribution < 1.29 is 23.8 Å². The summed E-state index contributed by atoms with van der Waals surface area (Å²) >= 11 is 0. The zero-order valence-electron chi connectivity index (χ0n) is 16.1. The number of rotatable bonds is 7. The zero-order chi connectivity index (χ0) is 19.1. The second-order valence-corrected chi connectivity index (χ2v) is 6.65. The number of ether oxygens (including phenoxy) is 3. The second-order valence-electron chi connectivity index (χ2n) is 6.65. The number of piperidine rings is 1. The van der Waals surface area contributed by atoms with E-state index in [2.05, 4.69) is 0 Å². The fourth-order valence-corrected chi connectivity index (χ4v) is 3.36. The van der Waals surface area contributed by atoms with Gasteiger partial charge in [-0.2, -0.15) is 0 Å². The Morgan fingerprint density at radius 1 is 1.15 bits per heavy atom. The summed E-state index contributed by atoms with van der Waals surface area (Å²) in [5.41, 5.74) is 1.03. The van der Waals surface area contributed by atoms with Crippen LogP contribution >= 0.6 is 0 Å². The first-order valence-electron chi connectivity index (χ1n) is 9.16. The number of amides is 1. The standard InChI is InChI=1S/C20H29NO5/c1-5-26-20(23)16-8-10-21(11-9-16)19(22)14(2)12-15-6-7-17(24-3)18(13-15)25-4/h6-7,13-14,16H,5,8-12H2,1-4H3. The summed E-state index contributed by atoms with van der Waals surface area (Å²) in [7, 11) is 3.20. The fraction of sp³-hybridized carbons (Fsp3) is 0.600. The van der Waals surface area contributed by atoms with Crippen LogP contribution in [0.3, 0.4) is 0 Å². The molecule has 2 rings (SSSR count). The molecule has 0 saturated carbocycles. The van der Waals surface area contributed by atoms with Gasteiger partial charge >= 0.3 is 5.97 Å². The topological polar surface area (TPSA) is 65.1 Å². The lowest BCUT2D eigenvalue weighted by molar-refractivity contribution is -0.151. The van der Waals surface area contributed by atoms with Crippen molar-refractivity contribution in [3.63, 3.8) is 0 Å². The first kappa shape index (κ1) is 20.1.